The number of hydrogen-bond acceptors (Lipinski definition) is 2. The summed E-state index contributed by atoms with van der Waals surface area (Å²) in [6.45, 7) is 5.88. The molecule has 0 saturated heterocycles. The summed E-state index contributed by atoms with van der Waals surface area (Å²) < 4.78 is 0. The molecule has 2 nitrogen and oxygen atoms in total. The zero-order valence-corrected chi connectivity index (χ0v) is 6.72. The molecule has 2 heteroatoms. The van der Waals surface area contributed by atoms with Crippen molar-refractivity contribution < 1.29 is 4.79 Å². The maximum absolute atomic E-state index is 10.7. The van der Waals surface area contributed by atoms with Gasteiger partial charge in [0.2, 0.25) is 5.78 Å². The second-order valence-corrected chi connectivity index (χ2v) is 3.01. The number of nitrogens with zero attached hydrogens (tertiary/aromatic N) is 1. The summed E-state index contributed by atoms with van der Waals surface area (Å²) in [7, 11) is 0. The Bertz CT molecular complexity index is 155. The number of nitriles is 1. The lowest BCUT2D eigenvalue weighted by atomic mass is 9.96. The highest BCUT2D eigenvalue weighted by molar-refractivity contribution is 5.94. The van der Waals surface area contributed by atoms with Gasteiger partial charge < -0.3 is 0 Å². The van der Waals surface area contributed by atoms with Crippen LogP contribution in [0, 0.1) is 23.2 Å². The SMILES string of the molecule is CC(C)CC(C)C(=O)C#N. The average molecular weight is 139 g/mol. The first-order chi connectivity index (χ1) is 4.57. The Morgan fingerprint density at radius 3 is 2.30 bits per heavy atom. The van der Waals surface area contributed by atoms with Gasteiger partial charge in [0.15, 0.2) is 0 Å². The molecule has 0 N–H and O–H groups in total. The van der Waals surface area contributed by atoms with Crippen molar-refractivity contribution in [1.82, 2.24) is 0 Å². The van der Waals surface area contributed by atoms with Crippen molar-refractivity contribution in [3.05, 3.63) is 0 Å². The van der Waals surface area contributed by atoms with Gasteiger partial charge in [-0.2, -0.15) is 5.26 Å². The topological polar surface area (TPSA) is 40.9 Å². The molecule has 0 rings (SSSR count). The lowest BCUT2D eigenvalue weighted by molar-refractivity contribution is -0.117. The van der Waals surface area contributed by atoms with Crippen LogP contribution in [0.25, 0.3) is 0 Å². The van der Waals surface area contributed by atoms with E-state index in [2.05, 4.69) is 0 Å². The van der Waals surface area contributed by atoms with Crippen molar-refractivity contribution in [3.8, 4) is 6.07 Å². The van der Waals surface area contributed by atoms with E-state index >= 15 is 0 Å². The number of carbonyl (C=O) groups is 1. The van der Waals surface area contributed by atoms with Gasteiger partial charge in [-0.25, -0.2) is 0 Å². The Labute approximate surface area is 61.8 Å². The summed E-state index contributed by atoms with van der Waals surface area (Å²) in [5.74, 6) is 0.103. The van der Waals surface area contributed by atoms with E-state index in [1.807, 2.05) is 13.8 Å². The minimum absolute atomic E-state index is 0.0926. The van der Waals surface area contributed by atoms with Gasteiger partial charge in [0.1, 0.15) is 6.07 Å². The largest absolute Gasteiger partial charge is 0.282 e. The van der Waals surface area contributed by atoms with Crippen LogP contribution in [-0.4, -0.2) is 5.78 Å². The molecule has 0 radical (unpaired) electrons. The molecule has 0 saturated carbocycles. The fraction of sp³-hybridized carbons (Fsp3) is 0.750. The molecule has 10 heavy (non-hydrogen) atoms. The highest BCUT2D eigenvalue weighted by atomic mass is 16.1. The van der Waals surface area contributed by atoms with Gasteiger partial charge in [-0.15, -0.1) is 0 Å². The molecule has 0 aromatic carbocycles. The molecule has 0 aliphatic rings. The van der Waals surface area contributed by atoms with E-state index in [-0.39, 0.29) is 11.7 Å². The maximum Gasteiger partial charge on any atom is 0.234 e. The van der Waals surface area contributed by atoms with E-state index in [9.17, 15) is 4.79 Å². The summed E-state index contributed by atoms with van der Waals surface area (Å²) in [4.78, 5) is 10.7. The fourth-order valence-corrected chi connectivity index (χ4v) is 0.924. The number of carbonyl (C=O) groups excluding carboxylic acids is 1. The van der Waals surface area contributed by atoms with Gasteiger partial charge in [0, 0.05) is 5.92 Å². The third-order valence-corrected chi connectivity index (χ3v) is 1.38. The van der Waals surface area contributed by atoms with Crippen molar-refractivity contribution in [1.29, 1.82) is 5.26 Å². The Hall–Kier alpha value is -0.840. The fourth-order valence-electron chi connectivity index (χ4n) is 0.924. The summed E-state index contributed by atoms with van der Waals surface area (Å²) in [5.41, 5.74) is 0. The molecular formula is C8H13NO. The average Bonchev–Trinajstić information content (AvgIpc) is 1.85. The number of rotatable bonds is 3. The molecule has 0 heterocycles. The van der Waals surface area contributed by atoms with Crippen molar-refractivity contribution in [2.24, 2.45) is 11.8 Å². The number of Topliss-reactive ketones (excluding diaryl/α,β-unsaturated/α-hetero) is 1. The molecule has 0 aromatic rings. The minimum atomic E-state index is -0.297. The molecule has 1 atom stereocenters. The van der Waals surface area contributed by atoms with E-state index in [0.29, 0.717) is 5.92 Å². The first-order valence-corrected chi connectivity index (χ1v) is 3.51. The normalized spacial score (nSPS) is 12.7. The Kier molecular flexibility index (Phi) is 3.71. The monoisotopic (exact) mass is 139 g/mol. The summed E-state index contributed by atoms with van der Waals surface area (Å²) in [6.07, 6.45) is 0.812. The second kappa shape index (κ2) is 4.05. The van der Waals surface area contributed by atoms with Gasteiger partial charge in [0.25, 0.3) is 0 Å². The van der Waals surface area contributed by atoms with E-state index in [4.69, 9.17) is 5.26 Å². The maximum atomic E-state index is 10.7. The van der Waals surface area contributed by atoms with Crippen LogP contribution in [0.3, 0.4) is 0 Å². The van der Waals surface area contributed by atoms with Crippen LogP contribution in [-0.2, 0) is 4.79 Å². The lowest BCUT2D eigenvalue weighted by Crippen LogP contribution is -2.10. The first kappa shape index (κ1) is 9.16. The van der Waals surface area contributed by atoms with Gasteiger partial charge in [-0.05, 0) is 12.3 Å². The van der Waals surface area contributed by atoms with Crippen LogP contribution in [0.5, 0.6) is 0 Å². The molecule has 1 unspecified atom stereocenters. The van der Waals surface area contributed by atoms with Crippen molar-refractivity contribution in [3.63, 3.8) is 0 Å². The quantitative estimate of drug-likeness (QED) is 0.559. The molecule has 0 aliphatic heterocycles. The van der Waals surface area contributed by atoms with Crippen LogP contribution < -0.4 is 0 Å². The zero-order valence-electron chi connectivity index (χ0n) is 6.72. The van der Waals surface area contributed by atoms with Gasteiger partial charge in [0.05, 0.1) is 0 Å². The third kappa shape index (κ3) is 3.24. The standard InChI is InChI=1S/C8H13NO/c1-6(2)4-7(3)8(10)5-9/h6-7H,4H2,1-3H3. The van der Waals surface area contributed by atoms with Gasteiger partial charge in [-0.3, -0.25) is 4.79 Å². The van der Waals surface area contributed by atoms with Crippen LogP contribution in [0.15, 0.2) is 0 Å². The highest BCUT2D eigenvalue weighted by Crippen LogP contribution is 2.10. The van der Waals surface area contributed by atoms with Crippen molar-refractivity contribution in [2.45, 2.75) is 27.2 Å². The van der Waals surface area contributed by atoms with Crippen molar-refractivity contribution >= 4 is 5.78 Å². The number of hydrogen-bond donors (Lipinski definition) is 0. The summed E-state index contributed by atoms with van der Waals surface area (Å²) in [5, 5.41) is 8.22. The first-order valence-electron chi connectivity index (χ1n) is 3.51. The van der Waals surface area contributed by atoms with E-state index in [1.165, 1.54) is 0 Å². The predicted molar refractivity (Wildman–Crippen MR) is 39.2 cm³/mol. The zero-order chi connectivity index (χ0) is 8.15. The highest BCUT2D eigenvalue weighted by Gasteiger charge is 2.12. The number of ketones is 1. The van der Waals surface area contributed by atoms with E-state index in [1.54, 1.807) is 13.0 Å². The second-order valence-electron chi connectivity index (χ2n) is 3.01. The molecule has 0 bridgehead atoms. The summed E-state index contributed by atoms with van der Waals surface area (Å²) in [6, 6.07) is 1.63. The van der Waals surface area contributed by atoms with Gasteiger partial charge >= 0.3 is 0 Å². The van der Waals surface area contributed by atoms with E-state index in [0.717, 1.165) is 6.42 Å². The van der Waals surface area contributed by atoms with E-state index < -0.39 is 0 Å². The minimum Gasteiger partial charge on any atom is -0.282 e. The third-order valence-electron chi connectivity index (χ3n) is 1.38. The molecule has 0 aliphatic carbocycles. The molecule has 0 amide bonds. The van der Waals surface area contributed by atoms with Crippen LogP contribution in [0.2, 0.25) is 0 Å². The Balaban J connectivity index is 3.76. The molecule has 0 aromatic heterocycles. The summed E-state index contributed by atoms with van der Waals surface area (Å²) >= 11 is 0. The molecule has 56 valence electrons. The van der Waals surface area contributed by atoms with Crippen LogP contribution in [0.4, 0.5) is 0 Å². The molecular weight excluding hydrogens is 126 g/mol. The smallest absolute Gasteiger partial charge is 0.234 e. The lowest BCUT2D eigenvalue weighted by Gasteiger charge is -2.07. The van der Waals surface area contributed by atoms with Gasteiger partial charge in [-0.1, -0.05) is 20.8 Å². The van der Waals surface area contributed by atoms with Crippen LogP contribution in [0.1, 0.15) is 27.2 Å². The predicted octanol–water partition coefficient (Wildman–Crippen LogP) is 1.76. The van der Waals surface area contributed by atoms with Crippen LogP contribution >= 0.6 is 0 Å². The molecule has 0 fully saturated rings. The Morgan fingerprint density at radius 1 is 1.50 bits per heavy atom. The van der Waals surface area contributed by atoms with Crippen molar-refractivity contribution in [2.75, 3.05) is 0 Å². The Morgan fingerprint density at radius 2 is 2.00 bits per heavy atom. The molecule has 0 spiro atoms.